The Morgan fingerprint density at radius 3 is 2.64 bits per heavy atom. The second-order valence-corrected chi connectivity index (χ2v) is 7.91. The molecule has 2 aliphatic rings. The highest BCUT2D eigenvalue weighted by Crippen LogP contribution is 2.35. The third-order valence-electron chi connectivity index (χ3n) is 6.05. The molecule has 144 valence electrons. The molecule has 6 heteroatoms. The Balaban J connectivity index is 1.58. The summed E-state index contributed by atoms with van der Waals surface area (Å²) in [6.07, 6.45) is 8.10. The van der Waals surface area contributed by atoms with Gasteiger partial charge in [0.05, 0.1) is 12.2 Å². The summed E-state index contributed by atoms with van der Waals surface area (Å²) in [5.41, 5.74) is 13.1. The molecule has 3 aromatic rings. The van der Waals surface area contributed by atoms with Crippen LogP contribution in [0, 0.1) is 0 Å². The molecule has 0 spiro atoms. The van der Waals surface area contributed by atoms with E-state index >= 15 is 0 Å². The fourth-order valence-corrected chi connectivity index (χ4v) is 4.33. The molecule has 1 unspecified atom stereocenters. The molecule has 1 aromatic carbocycles. The highest BCUT2D eigenvalue weighted by molar-refractivity contribution is 5.80. The molecule has 0 bridgehead atoms. The second-order valence-electron chi connectivity index (χ2n) is 7.91. The fraction of sp³-hybridized carbons (Fsp3) is 0.364. The van der Waals surface area contributed by atoms with E-state index in [0.29, 0.717) is 6.04 Å². The SMILES string of the molecule is CN1CCC(n2cc(-c3ccc4c(c3)CNC4N)c(-c3ccncc3)n2)CC1. The lowest BCUT2D eigenvalue weighted by atomic mass is 9.98. The van der Waals surface area contributed by atoms with E-state index in [2.05, 4.69) is 51.3 Å². The predicted octanol–water partition coefficient (Wildman–Crippen LogP) is 2.94. The van der Waals surface area contributed by atoms with E-state index in [1.165, 1.54) is 22.3 Å². The number of hydrogen-bond donors (Lipinski definition) is 2. The van der Waals surface area contributed by atoms with Crippen LogP contribution >= 0.6 is 0 Å². The average molecular weight is 374 g/mol. The van der Waals surface area contributed by atoms with Crippen LogP contribution in [-0.2, 0) is 6.54 Å². The number of benzene rings is 1. The maximum Gasteiger partial charge on any atom is 0.100 e. The molecular formula is C22H26N6. The van der Waals surface area contributed by atoms with Crippen molar-refractivity contribution in [2.24, 2.45) is 5.73 Å². The molecule has 6 nitrogen and oxygen atoms in total. The molecule has 1 atom stereocenters. The van der Waals surface area contributed by atoms with Crippen molar-refractivity contribution < 1.29 is 0 Å². The van der Waals surface area contributed by atoms with Crippen molar-refractivity contribution in [2.45, 2.75) is 31.6 Å². The quantitative estimate of drug-likeness (QED) is 0.737. The number of piperidine rings is 1. The first kappa shape index (κ1) is 17.6. The van der Waals surface area contributed by atoms with E-state index in [1.54, 1.807) is 0 Å². The summed E-state index contributed by atoms with van der Waals surface area (Å²) < 4.78 is 2.19. The molecule has 0 saturated carbocycles. The molecule has 0 aliphatic carbocycles. The summed E-state index contributed by atoms with van der Waals surface area (Å²) in [5, 5.41) is 8.36. The second kappa shape index (κ2) is 7.13. The van der Waals surface area contributed by atoms with Crippen molar-refractivity contribution in [3.8, 4) is 22.4 Å². The Morgan fingerprint density at radius 1 is 1.07 bits per heavy atom. The van der Waals surface area contributed by atoms with Crippen molar-refractivity contribution in [1.82, 2.24) is 25.0 Å². The van der Waals surface area contributed by atoms with Crippen LogP contribution in [0.5, 0.6) is 0 Å². The van der Waals surface area contributed by atoms with Gasteiger partial charge in [-0.15, -0.1) is 0 Å². The topological polar surface area (TPSA) is 72.0 Å². The summed E-state index contributed by atoms with van der Waals surface area (Å²) >= 11 is 0. The summed E-state index contributed by atoms with van der Waals surface area (Å²) in [4.78, 5) is 6.56. The first-order valence-electron chi connectivity index (χ1n) is 9.99. The van der Waals surface area contributed by atoms with Gasteiger partial charge in [-0.2, -0.15) is 5.10 Å². The van der Waals surface area contributed by atoms with Gasteiger partial charge in [-0.25, -0.2) is 0 Å². The summed E-state index contributed by atoms with van der Waals surface area (Å²) in [7, 11) is 2.19. The van der Waals surface area contributed by atoms with Crippen LogP contribution in [-0.4, -0.2) is 39.8 Å². The van der Waals surface area contributed by atoms with E-state index < -0.39 is 0 Å². The van der Waals surface area contributed by atoms with Crippen LogP contribution in [0.2, 0.25) is 0 Å². The van der Waals surface area contributed by atoms with Crippen molar-refractivity contribution in [3.05, 3.63) is 60.0 Å². The number of nitrogens with two attached hydrogens (primary N) is 1. The molecule has 1 fully saturated rings. The van der Waals surface area contributed by atoms with Gasteiger partial charge in [-0.05, 0) is 67.9 Å². The minimum atomic E-state index is -0.0642. The number of fused-ring (bicyclic) bond motifs is 1. The molecule has 2 aliphatic heterocycles. The Labute approximate surface area is 165 Å². The van der Waals surface area contributed by atoms with Crippen LogP contribution in [0.3, 0.4) is 0 Å². The lowest BCUT2D eigenvalue weighted by molar-refractivity contribution is 0.212. The lowest BCUT2D eigenvalue weighted by Crippen LogP contribution is -2.31. The van der Waals surface area contributed by atoms with E-state index in [1.807, 2.05) is 24.5 Å². The van der Waals surface area contributed by atoms with Crippen molar-refractivity contribution in [2.75, 3.05) is 20.1 Å². The number of rotatable bonds is 3. The highest BCUT2D eigenvalue weighted by atomic mass is 15.3. The van der Waals surface area contributed by atoms with Crippen molar-refractivity contribution >= 4 is 0 Å². The van der Waals surface area contributed by atoms with Gasteiger partial charge in [-0.3, -0.25) is 15.0 Å². The summed E-state index contributed by atoms with van der Waals surface area (Å²) in [5.74, 6) is 0. The minimum absolute atomic E-state index is 0.0642. The normalized spacial score (nSPS) is 20.4. The Hall–Kier alpha value is -2.54. The first-order valence-corrected chi connectivity index (χ1v) is 9.99. The Bertz CT molecular complexity index is 972. The molecule has 2 aromatic heterocycles. The number of nitrogens with zero attached hydrogens (tertiary/aromatic N) is 4. The highest BCUT2D eigenvalue weighted by Gasteiger charge is 2.23. The lowest BCUT2D eigenvalue weighted by Gasteiger charge is -2.29. The van der Waals surface area contributed by atoms with Gasteiger partial charge in [0.25, 0.3) is 0 Å². The molecule has 0 amide bonds. The molecule has 5 rings (SSSR count). The van der Waals surface area contributed by atoms with Gasteiger partial charge in [0.2, 0.25) is 0 Å². The standard InChI is InChI=1S/C22H26N6/c1-27-10-6-18(7-11-27)28-14-20(21(26-28)15-4-8-24-9-5-15)16-2-3-19-17(12-16)13-25-22(19)23/h2-5,8-9,12,14,18,22,25H,6-7,10-11,13,23H2,1H3. The third kappa shape index (κ3) is 3.13. The van der Waals surface area contributed by atoms with Crippen LogP contribution < -0.4 is 11.1 Å². The van der Waals surface area contributed by atoms with Crippen molar-refractivity contribution in [1.29, 1.82) is 0 Å². The predicted molar refractivity (Wildman–Crippen MR) is 110 cm³/mol. The third-order valence-corrected chi connectivity index (χ3v) is 6.05. The van der Waals surface area contributed by atoms with Gasteiger partial charge < -0.3 is 10.6 Å². The van der Waals surface area contributed by atoms with Gasteiger partial charge in [0, 0.05) is 36.3 Å². The van der Waals surface area contributed by atoms with Gasteiger partial charge in [-0.1, -0.05) is 12.1 Å². The molecule has 28 heavy (non-hydrogen) atoms. The monoisotopic (exact) mass is 374 g/mol. The van der Waals surface area contributed by atoms with Gasteiger partial charge >= 0.3 is 0 Å². The zero-order chi connectivity index (χ0) is 19.1. The Kier molecular flexibility index (Phi) is 4.47. The van der Waals surface area contributed by atoms with E-state index in [9.17, 15) is 0 Å². The van der Waals surface area contributed by atoms with E-state index in [4.69, 9.17) is 10.8 Å². The maximum atomic E-state index is 6.13. The number of aromatic nitrogens is 3. The van der Waals surface area contributed by atoms with Gasteiger partial charge in [0.1, 0.15) is 5.69 Å². The zero-order valence-corrected chi connectivity index (χ0v) is 16.2. The number of likely N-dealkylation sites (tertiary alicyclic amines) is 1. The van der Waals surface area contributed by atoms with Crippen LogP contribution in [0.1, 0.15) is 36.2 Å². The van der Waals surface area contributed by atoms with Crippen LogP contribution in [0.15, 0.2) is 48.9 Å². The minimum Gasteiger partial charge on any atom is -0.312 e. The fourth-order valence-electron chi connectivity index (χ4n) is 4.33. The first-order chi connectivity index (χ1) is 13.7. The van der Waals surface area contributed by atoms with Crippen LogP contribution in [0.25, 0.3) is 22.4 Å². The number of hydrogen-bond acceptors (Lipinski definition) is 5. The number of nitrogens with one attached hydrogen (secondary N) is 1. The Morgan fingerprint density at radius 2 is 1.86 bits per heavy atom. The molecule has 3 N–H and O–H groups in total. The van der Waals surface area contributed by atoms with Gasteiger partial charge in [0.15, 0.2) is 0 Å². The molecule has 4 heterocycles. The maximum absolute atomic E-state index is 6.13. The summed E-state index contributed by atoms with van der Waals surface area (Å²) in [6, 6.07) is 11.1. The molecule has 0 radical (unpaired) electrons. The smallest absolute Gasteiger partial charge is 0.100 e. The zero-order valence-electron chi connectivity index (χ0n) is 16.2. The summed E-state index contributed by atoms with van der Waals surface area (Å²) in [6.45, 7) is 3.05. The molecular weight excluding hydrogens is 348 g/mol. The largest absolute Gasteiger partial charge is 0.312 e. The molecule has 1 saturated heterocycles. The van der Waals surface area contributed by atoms with Crippen LogP contribution in [0.4, 0.5) is 0 Å². The van der Waals surface area contributed by atoms with E-state index in [-0.39, 0.29) is 6.17 Å². The average Bonchev–Trinajstić information content (AvgIpc) is 3.33. The van der Waals surface area contributed by atoms with Crippen molar-refractivity contribution in [3.63, 3.8) is 0 Å². The number of pyridine rings is 1. The van der Waals surface area contributed by atoms with E-state index in [0.717, 1.165) is 43.7 Å².